The minimum Gasteiger partial charge on any atom is -0.370 e. The van der Waals surface area contributed by atoms with Gasteiger partial charge in [-0.15, -0.1) is 0 Å². The maximum absolute atomic E-state index is 6.07. The number of halogens is 1. The summed E-state index contributed by atoms with van der Waals surface area (Å²) in [6.07, 6.45) is 0. The Hall–Kier alpha value is -2.13. The molecule has 1 N–H and O–H groups in total. The molecular formula is C17H16ClN3. The summed E-state index contributed by atoms with van der Waals surface area (Å²) in [5, 5.41) is 5.05. The molecule has 1 aromatic heterocycles. The zero-order valence-electron chi connectivity index (χ0n) is 12.0. The van der Waals surface area contributed by atoms with Crippen LogP contribution in [0.1, 0.15) is 12.5 Å². The van der Waals surface area contributed by atoms with Crippen LogP contribution >= 0.6 is 11.6 Å². The van der Waals surface area contributed by atoms with Crippen LogP contribution in [0.25, 0.3) is 22.3 Å². The monoisotopic (exact) mass is 297 g/mol. The first-order valence-electron chi connectivity index (χ1n) is 6.96. The summed E-state index contributed by atoms with van der Waals surface area (Å²) in [6, 6.07) is 13.8. The lowest BCUT2D eigenvalue weighted by Crippen LogP contribution is -2.03. The van der Waals surface area contributed by atoms with Gasteiger partial charge in [0, 0.05) is 22.5 Å². The molecule has 0 saturated heterocycles. The van der Waals surface area contributed by atoms with Gasteiger partial charge in [0.25, 0.3) is 0 Å². The van der Waals surface area contributed by atoms with Gasteiger partial charge >= 0.3 is 0 Å². The lowest BCUT2D eigenvalue weighted by molar-refractivity contribution is 1.14. The third-order valence-electron chi connectivity index (χ3n) is 3.36. The molecule has 21 heavy (non-hydrogen) atoms. The van der Waals surface area contributed by atoms with Crippen molar-refractivity contribution in [2.24, 2.45) is 0 Å². The summed E-state index contributed by atoms with van der Waals surface area (Å²) in [5.41, 5.74) is 3.03. The number of aryl methyl sites for hydroxylation is 1. The van der Waals surface area contributed by atoms with Crippen LogP contribution in [-0.2, 0) is 0 Å². The fraction of sp³-hybridized carbons (Fsp3) is 0.176. The molecule has 0 bridgehead atoms. The quantitative estimate of drug-likeness (QED) is 0.762. The predicted molar refractivity (Wildman–Crippen MR) is 88.9 cm³/mol. The van der Waals surface area contributed by atoms with E-state index < -0.39 is 0 Å². The van der Waals surface area contributed by atoms with E-state index in [4.69, 9.17) is 16.6 Å². The average molecular weight is 298 g/mol. The second-order valence-electron chi connectivity index (χ2n) is 4.91. The van der Waals surface area contributed by atoms with Crippen molar-refractivity contribution in [2.75, 3.05) is 11.9 Å². The molecule has 0 saturated carbocycles. The third-order valence-corrected chi connectivity index (χ3v) is 3.59. The average Bonchev–Trinajstić information content (AvgIpc) is 2.48. The van der Waals surface area contributed by atoms with E-state index in [9.17, 15) is 0 Å². The highest BCUT2D eigenvalue weighted by Crippen LogP contribution is 2.27. The molecule has 0 unspecified atom stereocenters. The smallest absolute Gasteiger partial charge is 0.162 e. The first kappa shape index (κ1) is 13.8. The Kier molecular flexibility index (Phi) is 3.76. The Bertz CT molecular complexity index is 799. The van der Waals surface area contributed by atoms with Gasteiger partial charge in [0.05, 0.1) is 5.52 Å². The molecular weight excluding hydrogens is 282 g/mol. The van der Waals surface area contributed by atoms with Crippen molar-refractivity contribution >= 4 is 28.3 Å². The van der Waals surface area contributed by atoms with Crippen molar-refractivity contribution in [3.63, 3.8) is 0 Å². The number of nitrogens with one attached hydrogen (secondary N) is 1. The highest BCUT2D eigenvalue weighted by Gasteiger charge is 2.10. The normalized spacial score (nSPS) is 10.8. The van der Waals surface area contributed by atoms with Crippen LogP contribution in [-0.4, -0.2) is 16.5 Å². The summed E-state index contributed by atoms with van der Waals surface area (Å²) < 4.78 is 0. The summed E-state index contributed by atoms with van der Waals surface area (Å²) in [7, 11) is 0. The summed E-state index contributed by atoms with van der Waals surface area (Å²) in [6.45, 7) is 4.94. The molecule has 2 aromatic carbocycles. The first-order chi connectivity index (χ1) is 10.2. The molecule has 106 valence electrons. The number of nitrogens with zero attached hydrogens (tertiary/aromatic N) is 2. The van der Waals surface area contributed by atoms with Gasteiger partial charge in [-0.1, -0.05) is 35.9 Å². The van der Waals surface area contributed by atoms with Crippen molar-refractivity contribution in [2.45, 2.75) is 13.8 Å². The van der Waals surface area contributed by atoms with E-state index in [1.165, 1.54) is 0 Å². The minimum atomic E-state index is 0.686. The summed E-state index contributed by atoms with van der Waals surface area (Å²) >= 11 is 6.07. The molecule has 0 atom stereocenters. The zero-order chi connectivity index (χ0) is 14.8. The molecule has 0 fully saturated rings. The van der Waals surface area contributed by atoms with Crippen LogP contribution in [0.15, 0.2) is 42.5 Å². The molecule has 0 spiro atoms. The Labute approximate surface area is 129 Å². The second kappa shape index (κ2) is 5.70. The Balaban J connectivity index is 2.27. The number of hydrogen-bond acceptors (Lipinski definition) is 3. The van der Waals surface area contributed by atoms with Crippen LogP contribution in [0.2, 0.25) is 5.02 Å². The van der Waals surface area contributed by atoms with E-state index in [-0.39, 0.29) is 0 Å². The molecule has 3 nitrogen and oxygen atoms in total. The molecule has 1 heterocycles. The lowest BCUT2D eigenvalue weighted by Gasteiger charge is -2.11. The molecule has 0 aliphatic heterocycles. The van der Waals surface area contributed by atoms with Gasteiger partial charge in [-0.25, -0.2) is 9.97 Å². The van der Waals surface area contributed by atoms with Gasteiger partial charge in [-0.05, 0) is 37.6 Å². The molecule has 3 rings (SSSR count). The van der Waals surface area contributed by atoms with Gasteiger partial charge < -0.3 is 5.32 Å². The van der Waals surface area contributed by atoms with Crippen molar-refractivity contribution in [3.05, 3.63) is 53.1 Å². The lowest BCUT2D eigenvalue weighted by atomic mass is 10.1. The van der Waals surface area contributed by atoms with Crippen LogP contribution in [0, 0.1) is 6.92 Å². The maximum Gasteiger partial charge on any atom is 0.162 e. The van der Waals surface area contributed by atoms with E-state index in [1.54, 1.807) is 0 Å². The van der Waals surface area contributed by atoms with E-state index in [1.807, 2.05) is 36.4 Å². The highest BCUT2D eigenvalue weighted by molar-refractivity contribution is 6.30. The second-order valence-corrected chi connectivity index (χ2v) is 5.34. The molecule has 0 aliphatic rings. The Morgan fingerprint density at radius 1 is 1.10 bits per heavy atom. The van der Waals surface area contributed by atoms with Crippen molar-refractivity contribution in [1.29, 1.82) is 0 Å². The fourth-order valence-corrected chi connectivity index (χ4v) is 2.54. The topological polar surface area (TPSA) is 37.8 Å². The number of rotatable bonds is 3. The van der Waals surface area contributed by atoms with Crippen molar-refractivity contribution < 1.29 is 0 Å². The number of anilines is 1. The van der Waals surface area contributed by atoms with E-state index in [0.29, 0.717) is 10.8 Å². The van der Waals surface area contributed by atoms with Crippen LogP contribution in [0.5, 0.6) is 0 Å². The zero-order valence-corrected chi connectivity index (χ0v) is 12.8. The van der Waals surface area contributed by atoms with Crippen molar-refractivity contribution in [1.82, 2.24) is 9.97 Å². The van der Waals surface area contributed by atoms with Gasteiger partial charge in [-0.2, -0.15) is 0 Å². The standard InChI is InChI=1S/C17H16ClN3/c1-3-19-17-14-9-4-6-11(2)15(14)20-16(21-17)12-7-5-8-13(18)10-12/h4-10H,3H2,1-2H3,(H,19,20,21). The van der Waals surface area contributed by atoms with E-state index in [0.717, 1.165) is 34.4 Å². The molecule has 0 radical (unpaired) electrons. The fourth-order valence-electron chi connectivity index (χ4n) is 2.35. The number of hydrogen-bond donors (Lipinski definition) is 1. The van der Waals surface area contributed by atoms with Crippen LogP contribution in [0.4, 0.5) is 5.82 Å². The largest absolute Gasteiger partial charge is 0.370 e. The predicted octanol–water partition coefficient (Wildman–Crippen LogP) is 4.69. The van der Waals surface area contributed by atoms with Gasteiger partial charge in [-0.3, -0.25) is 0 Å². The summed E-state index contributed by atoms with van der Waals surface area (Å²) in [5.74, 6) is 1.55. The van der Waals surface area contributed by atoms with Crippen LogP contribution in [0.3, 0.4) is 0 Å². The molecule has 0 aliphatic carbocycles. The van der Waals surface area contributed by atoms with Crippen LogP contribution < -0.4 is 5.32 Å². The Morgan fingerprint density at radius 3 is 2.67 bits per heavy atom. The molecule has 0 amide bonds. The van der Waals surface area contributed by atoms with Crippen molar-refractivity contribution in [3.8, 4) is 11.4 Å². The van der Waals surface area contributed by atoms with Gasteiger partial charge in [0.2, 0.25) is 0 Å². The Morgan fingerprint density at radius 2 is 1.90 bits per heavy atom. The first-order valence-corrected chi connectivity index (χ1v) is 7.34. The maximum atomic E-state index is 6.07. The number of aromatic nitrogens is 2. The summed E-state index contributed by atoms with van der Waals surface area (Å²) in [4.78, 5) is 9.38. The SMILES string of the molecule is CCNc1nc(-c2cccc(Cl)c2)nc2c(C)cccc12. The number of fused-ring (bicyclic) bond motifs is 1. The minimum absolute atomic E-state index is 0.686. The van der Waals surface area contributed by atoms with E-state index >= 15 is 0 Å². The third kappa shape index (κ3) is 2.69. The molecule has 4 heteroatoms. The van der Waals surface area contributed by atoms with Gasteiger partial charge in [0.1, 0.15) is 5.82 Å². The van der Waals surface area contributed by atoms with Gasteiger partial charge in [0.15, 0.2) is 5.82 Å². The highest BCUT2D eigenvalue weighted by atomic mass is 35.5. The number of benzene rings is 2. The number of para-hydroxylation sites is 1. The van der Waals surface area contributed by atoms with E-state index in [2.05, 4.69) is 30.2 Å². The molecule has 3 aromatic rings.